The number of nitrogens with two attached hydrogens (primary N) is 1. The van der Waals surface area contributed by atoms with Gasteiger partial charge in [0.25, 0.3) is 5.91 Å². The molecule has 0 unspecified atom stereocenters. The van der Waals surface area contributed by atoms with Crippen molar-refractivity contribution in [1.29, 1.82) is 0 Å². The van der Waals surface area contributed by atoms with E-state index in [2.05, 4.69) is 4.90 Å². The van der Waals surface area contributed by atoms with Crippen LogP contribution in [0.25, 0.3) is 0 Å². The molecule has 2 rings (SSSR count). The zero-order valence-electron chi connectivity index (χ0n) is 13.5. The second-order valence-electron chi connectivity index (χ2n) is 6.17. The molecule has 1 saturated carbocycles. The van der Waals surface area contributed by atoms with Crippen molar-refractivity contribution in [3.63, 3.8) is 0 Å². The highest BCUT2D eigenvalue weighted by atomic mass is 32.1. The first-order valence-electron chi connectivity index (χ1n) is 7.33. The monoisotopic (exact) mass is 311 g/mol. The Balaban J connectivity index is 2.35. The van der Waals surface area contributed by atoms with Gasteiger partial charge in [0.05, 0.1) is 6.10 Å². The molecule has 1 aliphatic carbocycles. The van der Waals surface area contributed by atoms with Gasteiger partial charge in [-0.15, -0.1) is 11.3 Å². The summed E-state index contributed by atoms with van der Waals surface area (Å²) >= 11 is 1.43. The molecule has 1 heterocycles. The van der Waals surface area contributed by atoms with Crippen molar-refractivity contribution < 1.29 is 9.53 Å². The largest absolute Gasteiger partial charge is 0.486 e. The van der Waals surface area contributed by atoms with Crippen LogP contribution in [0.3, 0.4) is 0 Å². The summed E-state index contributed by atoms with van der Waals surface area (Å²) in [7, 11) is 5.51. The Kier molecular flexibility index (Phi) is 4.66. The Morgan fingerprint density at radius 3 is 2.48 bits per heavy atom. The van der Waals surface area contributed by atoms with Gasteiger partial charge in [-0.25, -0.2) is 0 Å². The normalized spacial score (nSPS) is 14.4. The second kappa shape index (κ2) is 6.13. The van der Waals surface area contributed by atoms with E-state index in [1.54, 1.807) is 19.0 Å². The SMILES string of the molecule is CC(C)Oc1c(N(C)CC2CC2)sc(C(=O)N(C)C)c1N. The van der Waals surface area contributed by atoms with E-state index < -0.39 is 0 Å². The number of anilines is 2. The first-order chi connectivity index (χ1) is 9.81. The van der Waals surface area contributed by atoms with E-state index in [4.69, 9.17) is 10.5 Å². The molecule has 1 aromatic rings. The zero-order chi connectivity index (χ0) is 15.7. The summed E-state index contributed by atoms with van der Waals surface area (Å²) in [5, 5.41) is 0.957. The summed E-state index contributed by atoms with van der Waals surface area (Å²) < 4.78 is 5.88. The molecule has 0 radical (unpaired) electrons. The fourth-order valence-electron chi connectivity index (χ4n) is 2.15. The lowest BCUT2D eigenvalue weighted by Gasteiger charge is -2.20. The van der Waals surface area contributed by atoms with Crippen molar-refractivity contribution >= 4 is 27.9 Å². The maximum Gasteiger partial charge on any atom is 0.265 e. The lowest BCUT2D eigenvalue weighted by Crippen LogP contribution is -2.21. The molecule has 1 aromatic heterocycles. The minimum atomic E-state index is -0.0721. The topological polar surface area (TPSA) is 58.8 Å². The maximum absolute atomic E-state index is 12.3. The third-order valence-electron chi connectivity index (χ3n) is 3.41. The third kappa shape index (κ3) is 3.61. The molecule has 0 aromatic carbocycles. The van der Waals surface area contributed by atoms with Gasteiger partial charge in [-0.05, 0) is 32.6 Å². The summed E-state index contributed by atoms with van der Waals surface area (Å²) in [5.41, 5.74) is 6.65. The molecule has 0 bridgehead atoms. The molecule has 1 amide bonds. The summed E-state index contributed by atoms with van der Waals surface area (Å²) in [6.45, 7) is 4.93. The Labute approximate surface area is 130 Å². The van der Waals surface area contributed by atoms with Crippen molar-refractivity contribution in [3.8, 4) is 5.75 Å². The predicted octanol–water partition coefficient (Wildman–Crippen LogP) is 2.67. The number of carbonyl (C=O) groups excluding carboxylic acids is 1. The van der Waals surface area contributed by atoms with Crippen molar-refractivity contribution in [2.45, 2.75) is 32.8 Å². The fraction of sp³-hybridized carbons (Fsp3) is 0.667. The predicted molar refractivity (Wildman–Crippen MR) is 88.5 cm³/mol. The molecule has 1 fully saturated rings. The molecule has 0 aliphatic heterocycles. The molecule has 6 heteroatoms. The number of thiophene rings is 1. The van der Waals surface area contributed by atoms with Gasteiger partial charge < -0.3 is 20.3 Å². The van der Waals surface area contributed by atoms with Gasteiger partial charge in [0.2, 0.25) is 0 Å². The van der Waals surface area contributed by atoms with Gasteiger partial charge in [-0.2, -0.15) is 0 Å². The number of amides is 1. The Bertz CT molecular complexity index is 521. The van der Waals surface area contributed by atoms with E-state index in [0.717, 1.165) is 17.5 Å². The van der Waals surface area contributed by atoms with E-state index in [0.29, 0.717) is 16.3 Å². The Morgan fingerprint density at radius 2 is 2.00 bits per heavy atom. The zero-order valence-corrected chi connectivity index (χ0v) is 14.3. The van der Waals surface area contributed by atoms with Crippen molar-refractivity contribution in [3.05, 3.63) is 4.88 Å². The summed E-state index contributed by atoms with van der Waals surface area (Å²) in [5.74, 6) is 1.35. The molecule has 21 heavy (non-hydrogen) atoms. The minimum absolute atomic E-state index is 0.0253. The van der Waals surface area contributed by atoms with Gasteiger partial charge in [0.15, 0.2) is 5.75 Å². The molecule has 5 nitrogen and oxygen atoms in total. The average Bonchev–Trinajstić information content (AvgIpc) is 3.14. The van der Waals surface area contributed by atoms with Gasteiger partial charge in [0.1, 0.15) is 15.6 Å². The highest BCUT2D eigenvalue weighted by Gasteiger charge is 2.29. The van der Waals surface area contributed by atoms with Gasteiger partial charge >= 0.3 is 0 Å². The Morgan fingerprint density at radius 1 is 1.38 bits per heavy atom. The van der Waals surface area contributed by atoms with E-state index >= 15 is 0 Å². The van der Waals surface area contributed by atoms with Crippen molar-refractivity contribution in [2.75, 3.05) is 38.3 Å². The second-order valence-corrected chi connectivity index (χ2v) is 7.17. The standard InChI is InChI=1S/C15H25N3O2S/c1-9(2)20-12-11(16)13(14(19)17(3)4)21-15(12)18(5)8-10-6-7-10/h9-10H,6-8,16H2,1-5H3. The third-order valence-corrected chi connectivity index (χ3v) is 4.70. The molecular weight excluding hydrogens is 286 g/mol. The molecule has 2 N–H and O–H groups in total. The van der Waals surface area contributed by atoms with Crippen LogP contribution in [0.4, 0.5) is 10.7 Å². The molecule has 0 spiro atoms. The summed E-state index contributed by atoms with van der Waals surface area (Å²) in [6.07, 6.45) is 2.60. The highest BCUT2D eigenvalue weighted by molar-refractivity contribution is 7.19. The first kappa shape index (κ1) is 15.9. The first-order valence-corrected chi connectivity index (χ1v) is 8.14. The smallest absolute Gasteiger partial charge is 0.265 e. The number of hydrogen-bond acceptors (Lipinski definition) is 5. The molecule has 0 saturated heterocycles. The lowest BCUT2D eigenvalue weighted by atomic mass is 10.3. The summed E-state index contributed by atoms with van der Waals surface area (Å²) in [6, 6.07) is 0. The average molecular weight is 311 g/mol. The van der Waals surface area contributed by atoms with Crippen molar-refractivity contribution in [1.82, 2.24) is 4.90 Å². The van der Waals surface area contributed by atoms with Crippen LogP contribution < -0.4 is 15.4 Å². The maximum atomic E-state index is 12.3. The highest BCUT2D eigenvalue weighted by Crippen LogP contribution is 2.46. The summed E-state index contributed by atoms with van der Waals surface area (Å²) in [4.78, 5) is 16.5. The number of ether oxygens (including phenoxy) is 1. The quantitative estimate of drug-likeness (QED) is 0.877. The number of hydrogen-bond donors (Lipinski definition) is 1. The molecular formula is C15H25N3O2S. The van der Waals surface area contributed by atoms with Crippen LogP contribution in [0.15, 0.2) is 0 Å². The van der Waals surface area contributed by atoms with Gasteiger partial charge in [-0.1, -0.05) is 0 Å². The van der Waals surface area contributed by atoms with Gasteiger partial charge in [0, 0.05) is 27.7 Å². The van der Waals surface area contributed by atoms with E-state index in [9.17, 15) is 4.79 Å². The van der Waals surface area contributed by atoms with Crippen LogP contribution >= 0.6 is 11.3 Å². The minimum Gasteiger partial charge on any atom is -0.486 e. The van der Waals surface area contributed by atoms with Crippen LogP contribution in [0.2, 0.25) is 0 Å². The van der Waals surface area contributed by atoms with Crippen LogP contribution in [0, 0.1) is 5.92 Å². The van der Waals surface area contributed by atoms with Crippen LogP contribution in [0.1, 0.15) is 36.4 Å². The number of nitrogens with zero attached hydrogens (tertiary/aromatic N) is 2. The van der Waals surface area contributed by atoms with E-state index in [-0.39, 0.29) is 12.0 Å². The van der Waals surface area contributed by atoms with Crippen LogP contribution in [0.5, 0.6) is 5.75 Å². The number of nitrogen functional groups attached to an aromatic ring is 1. The lowest BCUT2D eigenvalue weighted by molar-refractivity contribution is 0.0833. The number of carbonyl (C=O) groups is 1. The molecule has 0 atom stereocenters. The van der Waals surface area contributed by atoms with E-state index in [1.807, 2.05) is 20.9 Å². The van der Waals surface area contributed by atoms with Crippen LogP contribution in [-0.4, -0.2) is 44.6 Å². The Hall–Kier alpha value is -1.43. The molecule has 118 valence electrons. The van der Waals surface area contributed by atoms with Crippen LogP contribution in [-0.2, 0) is 0 Å². The van der Waals surface area contributed by atoms with Gasteiger partial charge in [-0.3, -0.25) is 4.79 Å². The molecule has 1 aliphatic rings. The van der Waals surface area contributed by atoms with Crippen molar-refractivity contribution in [2.24, 2.45) is 5.92 Å². The van der Waals surface area contributed by atoms with E-state index in [1.165, 1.54) is 24.2 Å². The number of rotatable bonds is 6. The fourth-order valence-corrected chi connectivity index (χ4v) is 3.30.